The van der Waals surface area contributed by atoms with Gasteiger partial charge in [-0.05, 0) is 42.8 Å². The Bertz CT molecular complexity index is 1020. The molecule has 2 rings (SSSR count). The van der Waals surface area contributed by atoms with E-state index in [2.05, 4.69) is 14.2 Å². The molecule has 0 bridgehead atoms. The molecule has 0 aliphatic carbocycles. The lowest BCUT2D eigenvalue weighted by atomic mass is 10.1. The number of benzene rings is 2. The summed E-state index contributed by atoms with van der Waals surface area (Å²) in [5.74, 6) is -1.61. The Morgan fingerprint density at radius 1 is 0.964 bits per heavy atom. The van der Waals surface area contributed by atoms with E-state index >= 15 is 0 Å². The fraction of sp³-hybridized carbons (Fsp3) is 0.222. The van der Waals surface area contributed by atoms with Gasteiger partial charge >= 0.3 is 11.9 Å². The van der Waals surface area contributed by atoms with Gasteiger partial charge in [0, 0.05) is 6.04 Å². The van der Waals surface area contributed by atoms with Gasteiger partial charge in [-0.25, -0.2) is 22.7 Å². The van der Waals surface area contributed by atoms with Crippen LogP contribution in [0, 0.1) is 0 Å². The number of halogens is 2. The van der Waals surface area contributed by atoms with Crippen LogP contribution in [0.5, 0.6) is 0 Å². The molecule has 2 aromatic carbocycles. The third-order valence-corrected chi connectivity index (χ3v) is 6.19. The van der Waals surface area contributed by atoms with E-state index in [4.69, 9.17) is 23.2 Å². The second-order valence-electron chi connectivity index (χ2n) is 5.71. The lowest BCUT2D eigenvalue weighted by molar-refractivity contribution is 0.0583. The molecule has 0 heterocycles. The maximum absolute atomic E-state index is 12.9. The third kappa shape index (κ3) is 4.82. The molecule has 0 saturated carbocycles. The summed E-state index contributed by atoms with van der Waals surface area (Å²) in [7, 11) is -1.93. The summed E-state index contributed by atoms with van der Waals surface area (Å²) in [6.45, 7) is 1.60. The fourth-order valence-electron chi connectivity index (χ4n) is 2.41. The second kappa shape index (κ2) is 8.91. The lowest BCUT2D eigenvalue weighted by Gasteiger charge is -2.17. The molecule has 10 heteroatoms. The maximum Gasteiger partial charge on any atom is 0.339 e. The molecule has 1 atom stereocenters. The first-order chi connectivity index (χ1) is 13.1. The van der Waals surface area contributed by atoms with Crippen molar-refractivity contribution in [1.82, 2.24) is 4.72 Å². The number of nitrogens with one attached hydrogen (secondary N) is 1. The third-order valence-electron chi connectivity index (χ3n) is 3.87. The molecule has 28 heavy (non-hydrogen) atoms. The highest BCUT2D eigenvalue weighted by Crippen LogP contribution is 2.27. The monoisotopic (exact) mass is 445 g/mol. The Morgan fingerprint density at radius 2 is 1.61 bits per heavy atom. The fourth-order valence-corrected chi connectivity index (χ4v) is 4.17. The molecule has 1 N–H and O–H groups in total. The van der Waals surface area contributed by atoms with Crippen molar-refractivity contribution >= 4 is 45.2 Å². The van der Waals surface area contributed by atoms with Crippen LogP contribution in [-0.2, 0) is 19.5 Å². The first-order valence-electron chi connectivity index (χ1n) is 7.88. The Hall–Kier alpha value is -2.13. The molecule has 0 saturated heterocycles. The van der Waals surface area contributed by atoms with Gasteiger partial charge in [0.2, 0.25) is 10.0 Å². The van der Waals surface area contributed by atoms with E-state index in [-0.39, 0.29) is 16.1 Å². The van der Waals surface area contributed by atoms with Crippen LogP contribution in [0.1, 0.15) is 39.2 Å². The Kier molecular flexibility index (Phi) is 7.06. The number of ether oxygens (including phenoxy) is 2. The highest BCUT2D eigenvalue weighted by Gasteiger charge is 2.27. The van der Waals surface area contributed by atoms with Crippen LogP contribution in [0.3, 0.4) is 0 Å². The number of sulfonamides is 1. The summed E-state index contributed by atoms with van der Waals surface area (Å²) in [5, 5.41) is 0.604. The van der Waals surface area contributed by atoms with Gasteiger partial charge < -0.3 is 9.47 Å². The van der Waals surface area contributed by atoms with Crippen molar-refractivity contribution in [3.63, 3.8) is 0 Å². The van der Waals surface area contributed by atoms with Crippen molar-refractivity contribution in [3.05, 3.63) is 63.1 Å². The molecule has 0 aliphatic rings. The average molecular weight is 446 g/mol. The van der Waals surface area contributed by atoms with Gasteiger partial charge in [0.25, 0.3) is 0 Å². The SMILES string of the molecule is COC(=O)c1ccc(C(=O)OC)c(S(=O)(=O)N[C@H](C)c2ccc(Cl)c(Cl)c2)c1. The van der Waals surface area contributed by atoms with Crippen molar-refractivity contribution in [2.75, 3.05) is 14.2 Å². The minimum Gasteiger partial charge on any atom is -0.465 e. The summed E-state index contributed by atoms with van der Waals surface area (Å²) in [4.78, 5) is 23.4. The molecule has 150 valence electrons. The Balaban J connectivity index is 2.48. The van der Waals surface area contributed by atoms with Crippen LogP contribution in [0.2, 0.25) is 10.0 Å². The summed E-state index contributed by atoms with van der Waals surface area (Å²) in [6, 6.07) is 7.52. The van der Waals surface area contributed by atoms with E-state index in [1.165, 1.54) is 18.2 Å². The lowest BCUT2D eigenvalue weighted by Crippen LogP contribution is -2.29. The molecule has 0 radical (unpaired) electrons. The van der Waals surface area contributed by atoms with Gasteiger partial charge in [0.05, 0.1) is 40.3 Å². The summed E-state index contributed by atoms with van der Waals surface area (Å²) in [5.41, 5.74) is 0.309. The van der Waals surface area contributed by atoms with Crippen LogP contribution in [-0.4, -0.2) is 34.6 Å². The summed E-state index contributed by atoms with van der Waals surface area (Å²) < 4.78 is 37.6. The van der Waals surface area contributed by atoms with E-state index < -0.39 is 32.9 Å². The van der Waals surface area contributed by atoms with Crippen molar-refractivity contribution in [2.24, 2.45) is 0 Å². The first kappa shape index (κ1) is 22.2. The van der Waals surface area contributed by atoms with Crippen LogP contribution in [0.15, 0.2) is 41.3 Å². The van der Waals surface area contributed by atoms with Gasteiger partial charge in [0.15, 0.2) is 0 Å². The van der Waals surface area contributed by atoms with E-state index in [0.717, 1.165) is 20.3 Å². The predicted octanol–water partition coefficient (Wildman–Crippen LogP) is 3.61. The second-order valence-corrected chi connectivity index (χ2v) is 8.21. The molecular weight excluding hydrogens is 429 g/mol. The zero-order valence-electron chi connectivity index (χ0n) is 15.2. The van der Waals surface area contributed by atoms with Crippen LogP contribution in [0.4, 0.5) is 0 Å². The molecule has 0 unspecified atom stereocenters. The summed E-state index contributed by atoms with van der Waals surface area (Å²) >= 11 is 11.9. The molecule has 0 amide bonds. The Morgan fingerprint density at radius 3 is 2.18 bits per heavy atom. The van der Waals surface area contributed by atoms with Crippen LogP contribution < -0.4 is 4.72 Å². The quantitative estimate of drug-likeness (QED) is 0.681. The van der Waals surface area contributed by atoms with E-state index in [1.807, 2.05) is 0 Å². The van der Waals surface area contributed by atoms with Gasteiger partial charge in [-0.15, -0.1) is 0 Å². The maximum atomic E-state index is 12.9. The summed E-state index contributed by atoms with van der Waals surface area (Å²) in [6.07, 6.45) is 0. The number of rotatable bonds is 6. The van der Waals surface area contributed by atoms with Crippen LogP contribution in [0.25, 0.3) is 0 Å². The first-order valence-corrected chi connectivity index (χ1v) is 10.1. The molecule has 0 spiro atoms. The van der Waals surface area contributed by atoms with Crippen molar-refractivity contribution in [2.45, 2.75) is 17.9 Å². The van der Waals surface area contributed by atoms with Gasteiger partial charge in [-0.3, -0.25) is 0 Å². The standard InChI is InChI=1S/C18H17Cl2NO6S/c1-10(11-5-7-14(19)15(20)8-11)21-28(24,25)16-9-12(17(22)26-2)4-6-13(16)18(23)27-3/h4-10,21H,1-3H3/t10-/m1/s1. The largest absolute Gasteiger partial charge is 0.465 e. The number of carbonyl (C=O) groups excluding carboxylic acids is 2. The highest BCUT2D eigenvalue weighted by molar-refractivity contribution is 7.89. The molecule has 0 fully saturated rings. The molecule has 2 aromatic rings. The molecule has 7 nitrogen and oxygen atoms in total. The zero-order valence-corrected chi connectivity index (χ0v) is 17.5. The number of carbonyl (C=O) groups is 2. The predicted molar refractivity (Wildman–Crippen MR) is 104 cm³/mol. The zero-order chi connectivity index (χ0) is 21.1. The molecule has 0 aliphatic heterocycles. The number of methoxy groups -OCH3 is 2. The van der Waals surface area contributed by atoms with Gasteiger partial charge in [0.1, 0.15) is 0 Å². The average Bonchev–Trinajstić information content (AvgIpc) is 2.67. The number of esters is 2. The van der Waals surface area contributed by atoms with Gasteiger partial charge in [-0.1, -0.05) is 29.3 Å². The number of hydrogen-bond acceptors (Lipinski definition) is 6. The van der Waals surface area contributed by atoms with Gasteiger partial charge in [-0.2, -0.15) is 0 Å². The van der Waals surface area contributed by atoms with E-state index in [9.17, 15) is 18.0 Å². The van der Waals surface area contributed by atoms with Crippen molar-refractivity contribution < 1.29 is 27.5 Å². The smallest absolute Gasteiger partial charge is 0.339 e. The molecule has 0 aromatic heterocycles. The Labute approximate surface area is 172 Å². The van der Waals surface area contributed by atoms with E-state index in [0.29, 0.717) is 10.6 Å². The van der Waals surface area contributed by atoms with Crippen molar-refractivity contribution in [1.29, 1.82) is 0 Å². The van der Waals surface area contributed by atoms with Crippen molar-refractivity contribution in [3.8, 4) is 0 Å². The van der Waals surface area contributed by atoms with E-state index in [1.54, 1.807) is 19.1 Å². The minimum atomic E-state index is -4.22. The number of hydrogen-bond donors (Lipinski definition) is 1. The molecular formula is C18H17Cl2NO6S. The normalized spacial score (nSPS) is 12.3. The topological polar surface area (TPSA) is 98.8 Å². The van der Waals surface area contributed by atoms with Crippen LogP contribution >= 0.6 is 23.2 Å². The minimum absolute atomic E-state index is 0.0299. The highest BCUT2D eigenvalue weighted by atomic mass is 35.5.